The van der Waals surface area contributed by atoms with Gasteiger partial charge in [-0.1, -0.05) is 60.7 Å². The second-order valence-electron chi connectivity index (χ2n) is 6.11. The maximum Gasteiger partial charge on any atom is 0.289 e. The van der Waals surface area contributed by atoms with Crippen LogP contribution in [0.15, 0.2) is 85.2 Å². The van der Waals surface area contributed by atoms with Crippen LogP contribution in [-0.2, 0) is 11.3 Å². The lowest BCUT2D eigenvalue weighted by atomic mass is 10.0. The smallest absolute Gasteiger partial charge is 0.289 e. The molecule has 0 radical (unpaired) electrons. The molecule has 26 heavy (non-hydrogen) atoms. The van der Waals surface area contributed by atoms with Crippen LogP contribution in [0.1, 0.15) is 34.5 Å². The Bertz CT molecular complexity index is 875. The number of nitrogens with one attached hydrogen (secondary N) is 1. The SMILES string of the molecule is C[C@@H](C(=O)NCc1ccccc1)[n+]1ccc(C(=O)c2ccccc2)cc1. The highest BCUT2D eigenvalue weighted by Crippen LogP contribution is 2.08. The lowest BCUT2D eigenvalue weighted by Crippen LogP contribution is -2.46. The molecule has 1 aromatic heterocycles. The molecule has 4 nitrogen and oxygen atoms in total. The van der Waals surface area contributed by atoms with Gasteiger partial charge in [-0.2, -0.15) is 4.57 Å². The topological polar surface area (TPSA) is 50.1 Å². The van der Waals surface area contributed by atoms with Gasteiger partial charge >= 0.3 is 0 Å². The molecule has 0 fully saturated rings. The number of carbonyl (C=O) groups is 2. The Balaban J connectivity index is 1.64. The van der Waals surface area contributed by atoms with Crippen molar-refractivity contribution in [3.63, 3.8) is 0 Å². The fourth-order valence-corrected chi connectivity index (χ4v) is 2.67. The van der Waals surface area contributed by atoms with E-state index >= 15 is 0 Å². The lowest BCUT2D eigenvalue weighted by molar-refractivity contribution is -0.706. The van der Waals surface area contributed by atoms with E-state index in [-0.39, 0.29) is 17.7 Å². The molecule has 1 atom stereocenters. The van der Waals surface area contributed by atoms with E-state index in [9.17, 15) is 9.59 Å². The van der Waals surface area contributed by atoms with E-state index in [2.05, 4.69) is 5.32 Å². The third-order valence-electron chi connectivity index (χ3n) is 4.29. The number of pyridine rings is 1. The third-order valence-corrected chi connectivity index (χ3v) is 4.29. The van der Waals surface area contributed by atoms with Crippen molar-refractivity contribution >= 4 is 11.7 Å². The molecule has 0 saturated heterocycles. The number of carbonyl (C=O) groups excluding carboxylic acids is 2. The van der Waals surface area contributed by atoms with Gasteiger partial charge in [0.15, 0.2) is 18.2 Å². The molecule has 2 aromatic carbocycles. The number of rotatable bonds is 6. The van der Waals surface area contributed by atoms with Gasteiger partial charge in [-0.05, 0) is 5.56 Å². The van der Waals surface area contributed by atoms with Gasteiger partial charge in [0.05, 0.1) is 0 Å². The number of aromatic nitrogens is 1. The standard InChI is InChI=1S/C22H20N2O2/c1-17(22(26)23-16-18-8-4-2-5-9-18)24-14-12-20(13-15-24)21(25)19-10-6-3-7-11-19/h2-15,17H,16H2,1H3/p+1/t17-/m0/s1. The van der Waals surface area contributed by atoms with Crippen molar-refractivity contribution in [2.45, 2.75) is 19.5 Å². The second kappa shape index (κ2) is 8.21. The van der Waals surface area contributed by atoms with Gasteiger partial charge in [-0.25, -0.2) is 0 Å². The zero-order valence-electron chi connectivity index (χ0n) is 14.6. The van der Waals surface area contributed by atoms with Crippen molar-refractivity contribution in [2.24, 2.45) is 0 Å². The summed E-state index contributed by atoms with van der Waals surface area (Å²) in [6.45, 7) is 2.33. The van der Waals surface area contributed by atoms with Crippen molar-refractivity contribution < 1.29 is 14.2 Å². The molecule has 0 unspecified atom stereocenters. The summed E-state index contributed by atoms with van der Waals surface area (Å²) in [4.78, 5) is 24.8. The Morgan fingerprint density at radius 2 is 1.38 bits per heavy atom. The molecule has 3 rings (SSSR count). The summed E-state index contributed by atoms with van der Waals surface area (Å²) in [5.74, 6) is -0.0973. The van der Waals surface area contributed by atoms with Gasteiger partial charge < -0.3 is 5.32 Å². The van der Waals surface area contributed by atoms with Crippen LogP contribution in [0.3, 0.4) is 0 Å². The van der Waals surface area contributed by atoms with Gasteiger partial charge in [-0.3, -0.25) is 9.59 Å². The van der Waals surface area contributed by atoms with Crippen molar-refractivity contribution in [3.05, 3.63) is 102 Å². The predicted octanol–water partition coefficient (Wildman–Crippen LogP) is 3.08. The molecule has 1 amide bonds. The predicted molar refractivity (Wildman–Crippen MR) is 99.5 cm³/mol. The van der Waals surface area contributed by atoms with Gasteiger partial charge in [0.25, 0.3) is 5.91 Å². The largest absolute Gasteiger partial charge is 0.346 e. The second-order valence-corrected chi connectivity index (χ2v) is 6.11. The number of amides is 1. The van der Waals surface area contributed by atoms with Gasteiger partial charge in [0.2, 0.25) is 6.04 Å². The quantitative estimate of drug-likeness (QED) is 0.551. The fourth-order valence-electron chi connectivity index (χ4n) is 2.67. The number of hydrogen-bond donors (Lipinski definition) is 1. The van der Waals surface area contributed by atoms with Crippen LogP contribution in [0.25, 0.3) is 0 Å². The van der Waals surface area contributed by atoms with Crippen molar-refractivity contribution in [3.8, 4) is 0 Å². The third kappa shape index (κ3) is 4.22. The van der Waals surface area contributed by atoms with Crippen LogP contribution >= 0.6 is 0 Å². The van der Waals surface area contributed by atoms with E-state index in [1.807, 2.05) is 55.5 Å². The van der Waals surface area contributed by atoms with E-state index in [0.717, 1.165) is 5.56 Å². The van der Waals surface area contributed by atoms with Gasteiger partial charge in [0, 0.05) is 36.7 Å². The zero-order valence-corrected chi connectivity index (χ0v) is 14.6. The van der Waals surface area contributed by atoms with Crippen molar-refractivity contribution in [2.75, 3.05) is 0 Å². The number of benzene rings is 2. The van der Waals surface area contributed by atoms with Crippen molar-refractivity contribution in [1.29, 1.82) is 0 Å². The van der Waals surface area contributed by atoms with E-state index in [1.54, 1.807) is 41.2 Å². The first-order chi connectivity index (χ1) is 12.6. The van der Waals surface area contributed by atoms with Crippen LogP contribution in [0.5, 0.6) is 0 Å². The summed E-state index contributed by atoms with van der Waals surface area (Å²) in [5.41, 5.74) is 2.31. The van der Waals surface area contributed by atoms with Crippen LogP contribution in [0.2, 0.25) is 0 Å². The minimum absolute atomic E-state index is 0.0288. The normalized spacial score (nSPS) is 11.6. The molecule has 1 heterocycles. The highest BCUT2D eigenvalue weighted by Gasteiger charge is 2.22. The Kier molecular flexibility index (Phi) is 5.54. The number of nitrogens with zero attached hydrogens (tertiary/aromatic N) is 1. The van der Waals surface area contributed by atoms with Gasteiger partial charge in [0.1, 0.15) is 0 Å². The molecule has 130 valence electrons. The molecule has 0 spiro atoms. The summed E-state index contributed by atoms with van der Waals surface area (Å²) < 4.78 is 1.79. The molecule has 0 saturated carbocycles. The highest BCUT2D eigenvalue weighted by molar-refractivity contribution is 6.08. The molecule has 4 heteroatoms. The molecular weight excluding hydrogens is 324 g/mol. The fraction of sp³-hybridized carbons (Fsp3) is 0.136. The maximum absolute atomic E-state index is 12.4. The van der Waals surface area contributed by atoms with Crippen LogP contribution in [0, 0.1) is 0 Å². The first-order valence-electron chi connectivity index (χ1n) is 8.57. The minimum Gasteiger partial charge on any atom is -0.346 e. The van der Waals surface area contributed by atoms with E-state index < -0.39 is 0 Å². The Morgan fingerprint density at radius 1 is 0.846 bits per heavy atom. The molecule has 0 aliphatic rings. The van der Waals surface area contributed by atoms with E-state index in [1.165, 1.54) is 0 Å². The molecular formula is C22H21N2O2+. The van der Waals surface area contributed by atoms with Crippen LogP contribution in [0.4, 0.5) is 0 Å². The molecule has 1 N–H and O–H groups in total. The Morgan fingerprint density at radius 3 is 2.00 bits per heavy atom. The Hall–Kier alpha value is -3.27. The summed E-state index contributed by atoms with van der Waals surface area (Å²) in [7, 11) is 0. The summed E-state index contributed by atoms with van der Waals surface area (Å²) in [6.07, 6.45) is 3.53. The first kappa shape index (κ1) is 17.5. The number of hydrogen-bond acceptors (Lipinski definition) is 2. The Labute approximate surface area is 153 Å². The average Bonchev–Trinajstić information content (AvgIpc) is 2.72. The molecule has 0 bridgehead atoms. The number of ketones is 1. The minimum atomic E-state index is -0.361. The highest BCUT2D eigenvalue weighted by atomic mass is 16.2. The van der Waals surface area contributed by atoms with Crippen LogP contribution < -0.4 is 9.88 Å². The van der Waals surface area contributed by atoms with Crippen LogP contribution in [-0.4, -0.2) is 11.7 Å². The lowest BCUT2D eigenvalue weighted by Gasteiger charge is -2.09. The molecule has 0 aliphatic heterocycles. The summed E-state index contributed by atoms with van der Waals surface area (Å²) >= 11 is 0. The van der Waals surface area contributed by atoms with Crippen molar-refractivity contribution in [1.82, 2.24) is 5.32 Å². The van der Waals surface area contributed by atoms with E-state index in [4.69, 9.17) is 0 Å². The van der Waals surface area contributed by atoms with E-state index in [0.29, 0.717) is 17.7 Å². The molecule has 0 aliphatic carbocycles. The summed E-state index contributed by atoms with van der Waals surface area (Å²) in [5, 5.41) is 2.93. The average molecular weight is 345 g/mol. The monoisotopic (exact) mass is 345 g/mol. The molecule has 3 aromatic rings. The first-order valence-corrected chi connectivity index (χ1v) is 8.57. The zero-order chi connectivity index (χ0) is 18.4. The summed E-state index contributed by atoms with van der Waals surface area (Å²) in [6, 6.07) is 22.1. The van der Waals surface area contributed by atoms with Gasteiger partial charge in [-0.15, -0.1) is 0 Å². The maximum atomic E-state index is 12.4.